The minimum Gasteiger partial charge on any atom is -0.353 e. The summed E-state index contributed by atoms with van der Waals surface area (Å²) < 4.78 is 13.1. The van der Waals surface area contributed by atoms with Gasteiger partial charge >= 0.3 is 0 Å². The van der Waals surface area contributed by atoms with Crippen LogP contribution >= 0.6 is 0 Å². The molecule has 170 valence electrons. The van der Waals surface area contributed by atoms with Crippen molar-refractivity contribution >= 4 is 17.7 Å². The van der Waals surface area contributed by atoms with E-state index in [2.05, 4.69) is 10.2 Å². The van der Waals surface area contributed by atoms with Gasteiger partial charge in [0.05, 0.1) is 18.9 Å². The van der Waals surface area contributed by atoms with Crippen LogP contribution in [0.5, 0.6) is 0 Å². The minimum atomic E-state index is -0.319. The molecule has 0 radical (unpaired) electrons. The first kappa shape index (κ1) is 23.2. The average molecular weight is 433 g/mol. The average Bonchev–Trinajstić information content (AvgIpc) is 2.75. The van der Waals surface area contributed by atoms with E-state index in [9.17, 15) is 18.8 Å². The smallest absolute Gasteiger partial charge is 0.234 e. The number of hydrogen-bond acceptors (Lipinski definition) is 4. The molecule has 1 aromatic rings. The van der Waals surface area contributed by atoms with Crippen molar-refractivity contribution in [3.63, 3.8) is 0 Å². The van der Waals surface area contributed by atoms with Crippen LogP contribution in [-0.4, -0.2) is 84.3 Å². The number of carbonyl (C=O) groups excluding carboxylic acids is 3. The summed E-state index contributed by atoms with van der Waals surface area (Å²) in [5, 5.41) is 2.89. The number of benzene rings is 1. The Morgan fingerprint density at radius 1 is 1.03 bits per heavy atom. The number of nitrogens with zero attached hydrogens (tertiary/aromatic N) is 3. The second kappa shape index (κ2) is 10.7. The number of likely N-dealkylation sites (tertiary alicyclic amines) is 1. The summed E-state index contributed by atoms with van der Waals surface area (Å²) >= 11 is 0. The lowest BCUT2D eigenvalue weighted by Crippen LogP contribution is -2.54. The van der Waals surface area contributed by atoms with E-state index in [0.29, 0.717) is 45.8 Å². The highest BCUT2D eigenvalue weighted by molar-refractivity contribution is 5.82. The third-order valence-corrected chi connectivity index (χ3v) is 5.89. The Labute approximate surface area is 183 Å². The lowest BCUT2D eigenvalue weighted by molar-refractivity contribution is -0.142. The van der Waals surface area contributed by atoms with Gasteiger partial charge in [-0.15, -0.1) is 0 Å². The van der Waals surface area contributed by atoms with Gasteiger partial charge in [0, 0.05) is 45.3 Å². The van der Waals surface area contributed by atoms with Crippen molar-refractivity contribution in [3.8, 4) is 0 Å². The lowest BCUT2D eigenvalue weighted by atomic mass is 9.95. The molecule has 0 saturated carbocycles. The molecule has 31 heavy (non-hydrogen) atoms. The lowest BCUT2D eigenvalue weighted by Gasteiger charge is -2.39. The number of hydrogen-bond donors (Lipinski definition) is 1. The molecule has 1 aromatic carbocycles. The number of halogens is 1. The number of piperidine rings is 1. The van der Waals surface area contributed by atoms with Crippen LogP contribution in [0.4, 0.5) is 4.39 Å². The van der Waals surface area contributed by atoms with Crippen molar-refractivity contribution < 1.29 is 18.8 Å². The third-order valence-electron chi connectivity index (χ3n) is 5.89. The highest BCUT2D eigenvalue weighted by Crippen LogP contribution is 2.21. The standard InChI is InChI=1S/C23H33FN4O3/c1-17(2)25-21(29)16-26-10-12-27(13-11-26)23(31)19-4-3-9-28(15-19)22(30)14-18-5-7-20(24)8-6-18/h5-8,17,19H,3-4,9-16H2,1-2H3,(H,25,29). The summed E-state index contributed by atoms with van der Waals surface area (Å²) in [6, 6.07) is 6.09. The molecular weight excluding hydrogens is 399 g/mol. The highest BCUT2D eigenvalue weighted by atomic mass is 19.1. The van der Waals surface area contributed by atoms with Crippen LogP contribution in [0.25, 0.3) is 0 Å². The summed E-state index contributed by atoms with van der Waals surface area (Å²) in [4.78, 5) is 43.4. The van der Waals surface area contributed by atoms with Crippen LogP contribution in [0.1, 0.15) is 32.3 Å². The zero-order valence-electron chi connectivity index (χ0n) is 18.5. The van der Waals surface area contributed by atoms with Crippen molar-refractivity contribution in [3.05, 3.63) is 35.6 Å². The van der Waals surface area contributed by atoms with Gasteiger partial charge in [0.2, 0.25) is 17.7 Å². The van der Waals surface area contributed by atoms with Crippen LogP contribution in [0.3, 0.4) is 0 Å². The van der Waals surface area contributed by atoms with Crippen molar-refractivity contribution in [2.75, 3.05) is 45.8 Å². The quantitative estimate of drug-likeness (QED) is 0.735. The Hall–Kier alpha value is -2.48. The van der Waals surface area contributed by atoms with E-state index in [1.807, 2.05) is 18.7 Å². The van der Waals surface area contributed by atoms with Crippen LogP contribution in [0, 0.1) is 11.7 Å². The van der Waals surface area contributed by atoms with Crippen molar-refractivity contribution in [2.45, 2.75) is 39.2 Å². The van der Waals surface area contributed by atoms with Crippen molar-refractivity contribution in [1.82, 2.24) is 20.0 Å². The third kappa shape index (κ3) is 6.75. The summed E-state index contributed by atoms with van der Waals surface area (Å²) in [5.41, 5.74) is 0.775. The van der Waals surface area contributed by atoms with Crippen LogP contribution in [0.2, 0.25) is 0 Å². The molecule has 1 N–H and O–H groups in total. The molecule has 2 heterocycles. The second-order valence-electron chi connectivity index (χ2n) is 8.81. The topological polar surface area (TPSA) is 73.0 Å². The summed E-state index contributed by atoms with van der Waals surface area (Å²) in [7, 11) is 0. The Morgan fingerprint density at radius 2 is 1.71 bits per heavy atom. The summed E-state index contributed by atoms with van der Waals surface area (Å²) in [5.74, 6) is -0.407. The molecule has 0 aliphatic carbocycles. The molecule has 0 bridgehead atoms. The van der Waals surface area contributed by atoms with Crippen molar-refractivity contribution in [2.24, 2.45) is 5.92 Å². The van der Waals surface area contributed by atoms with Gasteiger partial charge in [-0.3, -0.25) is 19.3 Å². The maximum atomic E-state index is 13.1. The number of piperazine rings is 1. The first-order valence-corrected chi connectivity index (χ1v) is 11.1. The van der Waals surface area contributed by atoms with Crippen LogP contribution < -0.4 is 5.32 Å². The molecule has 7 nitrogen and oxygen atoms in total. The number of rotatable bonds is 6. The molecule has 2 aliphatic rings. The SMILES string of the molecule is CC(C)NC(=O)CN1CCN(C(=O)C2CCCN(C(=O)Cc3ccc(F)cc3)C2)CC1. The van der Waals surface area contributed by atoms with Gasteiger partial charge in [0.1, 0.15) is 5.82 Å². The zero-order valence-corrected chi connectivity index (χ0v) is 18.5. The normalized spacial score (nSPS) is 20.1. The predicted octanol–water partition coefficient (Wildman–Crippen LogP) is 1.28. The predicted molar refractivity (Wildman–Crippen MR) is 116 cm³/mol. The summed E-state index contributed by atoms with van der Waals surface area (Å²) in [6.45, 7) is 7.89. The molecule has 2 saturated heterocycles. The molecule has 1 atom stereocenters. The van der Waals surface area contributed by atoms with E-state index in [4.69, 9.17) is 0 Å². The van der Waals surface area contributed by atoms with E-state index >= 15 is 0 Å². The Kier molecular flexibility index (Phi) is 8.01. The Bertz CT molecular complexity index is 776. The van der Waals surface area contributed by atoms with Crippen LogP contribution in [0.15, 0.2) is 24.3 Å². The van der Waals surface area contributed by atoms with Gasteiger partial charge in [-0.1, -0.05) is 12.1 Å². The first-order chi connectivity index (χ1) is 14.8. The first-order valence-electron chi connectivity index (χ1n) is 11.1. The van der Waals surface area contributed by atoms with E-state index in [0.717, 1.165) is 18.4 Å². The van der Waals surface area contributed by atoms with E-state index in [1.54, 1.807) is 17.0 Å². The molecular formula is C23H33FN4O3. The van der Waals surface area contributed by atoms with Gasteiger partial charge in [-0.25, -0.2) is 4.39 Å². The Balaban J connectivity index is 1.47. The fourth-order valence-corrected chi connectivity index (χ4v) is 4.25. The van der Waals surface area contributed by atoms with E-state index < -0.39 is 0 Å². The minimum absolute atomic E-state index is 0.0114. The van der Waals surface area contributed by atoms with Gasteiger partial charge in [0.25, 0.3) is 0 Å². The van der Waals surface area contributed by atoms with E-state index in [1.165, 1.54) is 12.1 Å². The molecule has 1 unspecified atom stereocenters. The fourth-order valence-electron chi connectivity index (χ4n) is 4.25. The Morgan fingerprint density at radius 3 is 2.35 bits per heavy atom. The molecule has 2 fully saturated rings. The summed E-state index contributed by atoms with van der Waals surface area (Å²) in [6.07, 6.45) is 1.81. The molecule has 2 aliphatic heterocycles. The van der Waals surface area contributed by atoms with Gasteiger partial charge in [-0.2, -0.15) is 0 Å². The highest BCUT2D eigenvalue weighted by Gasteiger charge is 2.32. The zero-order chi connectivity index (χ0) is 22.4. The monoisotopic (exact) mass is 432 g/mol. The van der Waals surface area contributed by atoms with Crippen LogP contribution in [-0.2, 0) is 20.8 Å². The number of nitrogens with one attached hydrogen (secondary N) is 1. The molecule has 3 amide bonds. The van der Waals surface area contributed by atoms with Gasteiger partial charge in [0.15, 0.2) is 0 Å². The molecule has 3 rings (SSSR count). The fraction of sp³-hybridized carbons (Fsp3) is 0.609. The maximum absolute atomic E-state index is 13.1. The van der Waals surface area contributed by atoms with Gasteiger partial charge < -0.3 is 15.1 Å². The number of carbonyl (C=O) groups is 3. The van der Waals surface area contributed by atoms with E-state index in [-0.39, 0.29) is 41.9 Å². The van der Waals surface area contributed by atoms with Gasteiger partial charge in [-0.05, 0) is 44.4 Å². The molecule has 0 spiro atoms. The molecule has 8 heteroatoms. The second-order valence-corrected chi connectivity index (χ2v) is 8.81. The molecule has 0 aromatic heterocycles. The maximum Gasteiger partial charge on any atom is 0.234 e. The van der Waals surface area contributed by atoms with Crippen molar-refractivity contribution in [1.29, 1.82) is 0 Å². The number of amides is 3. The largest absolute Gasteiger partial charge is 0.353 e.